The molecule has 110 valence electrons. The van der Waals surface area contributed by atoms with Crippen molar-refractivity contribution in [3.05, 3.63) is 48.6 Å². The molecule has 2 unspecified atom stereocenters. The zero-order valence-corrected chi connectivity index (χ0v) is 12.6. The van der Waals surface area contributed by atoms with Crippen molar-refractivity contribution in [3.63, 3.8) is 0 Å². The van der Waals surface area contributed by atoms with Gasteiger partial charge < -0.3 is 10.4 Å². The fourth-order valence-electron chi connectivity index (χ4n) is 3.12. The van der Waals surface area contributed by atoms with Gasteiger partial charge in [-0.2, -0.15) is 0 Å². The molecule has 0 radical (unpaired) electrons. The molecule has 1 aliphatic rings. The lowest BCUT2D eigenvalue weighted by Crippen LogP contribution is -2.47. The van der Waals surface area contributed by atoms with E-state index in [9.17, 15) is 5.11 Å². The van der Waals surface area contributed by atoms with Gasteiger partial charge in [-0.05, 0) is 50.3 Å². The van der Waals surface area contributed by atoms with Gasteiger partial charge in [-0.3, -0.25) is 0 Å². The number of halogens is 1. The van der Waals surface area contributed by atoms with E-state index in [-0.39, 0.29) is 11.3 Å². The summed E-state index contributed by atoms with van der Waals surface area (Å²) in [6.45, 7) is 5.65. The predicted molar refractivity (Wildman–Crippen MR) is 85.0 cm³/mol. The molecule has 1 fully saturated rings. The van der Waals surface area contributed by atoms with Crippen molar-refractivity contribution in [1.29, 1.82) is 0 Å². The lowest BCUT2D eigenvalue weighted by molar-refractivity contribution is -0.0411. The van der Waals surface area contributed by atoms with Gasteiger partial charge in [-0.1, -0.05) is 36.4 Å². The minimum Gasteiger partial charge on any atom is -0.383 e. The summed E-state index contributed by atoms with van der Waals surface area (Å²) < 4.78 is 0. The molecule has 0 aliphatic carbocycles. The molecular weight excluding hydrogens is 270 g/mol. The van der Waals surface area contributed by atoms with Gasteiger partial charge in [0, 0.05) is 0 Å². The summed E-state index contributed by atoms with van der Waals surface area (Å²) in [6, 6.07) is 9.90. The molecule has 20 heavy (non-hydrogen) atoms. The van der Waals surface area contributed by atoms with Crippen molar-refractivity contribution in [2.24, 2.45) is 5.92 Å². The van der Waals surface area contributed by atoms with Gasteiger partial charge in [0.05, 0.1) is 5.38 Å². The molecule has 0 saturated carbocycles. The summed E-state index contributed by atoms with van der Waals surface area (Å²) >= 11 is 6.62. The first-order chi connectivity index (χ1) is 9.69. The first kappa shape index (κ1) is 15.6. The van der Waals surface area contributed by atoms with Crippen LogP contribution < -0.4 is 5.32 Å². The third-order valence-electron chi connectivity index (χ3n) is 4.30. The quantitative estimate of drug-likeness (QED) is 0.622. The molecular formula is C17H24ClNO. The maximum Gasteiger partial charge on any atom is 0.109 e. The standard InChI is InChI=1S/C17H24ClNO/c1-2-3-9-16(18)17(20,14-7-5-4-6-8-14)15-10-12-19-13-11-15/h2,4-8,15-16,19-20H,1,3,9-13H2. The molecule has 0 bridgehead atoms. The maximum absolute atomic E-state index is 11.4. The molecule has 1 aliphatic heterocycles. The highest BCUT2D eigenvalue weighted by molar-refractivity contribution is 6.21. The molecule has 2 N–H and O–H groups in total. The van der Waals surface area contributed by atoms with E-state index in [1.54, 1.807) is 0 Å². The number of benzene rings is 1. The SMILES string of the molecule is C=CCCC(Cl)C(O)(c1ccccc1)C1CCNCC1. The Kier molecular flexibility index (Phi) is 5.64. The van der Waals surface area contributed by atoms with Crippen molar-refractivity contribution in [1.82, 2.24) is 5.32 Å². The van der Waals surface area contributed by atoms with E-state index in [1.807, 2.05) is 36.4 Å². The van der Waals surface area contributed by atoms with Gasteiger partial charge in [-0.15, -0.1) is 18.2 Å². The van der Waals surface area contributed by atoms with E-state index in [1.165, 1.54) is 0 Å². The number of aliphatic hydroxyl groups is 1. The fourth-order valence-corrected chi connectivity index (χ4v) is 3.55. The highest BCUT2D eigenvalue weighted by Crippen LogP contribution is 2.42. The van der Waals surface area contributed by atoms with E-state index in [0.29, 0.717) is 0 Å². The Morgan fingerprint density at radius 1 is 1.35 bits per heavy atom. The molecule has 0 aromatic heterocycles. The van der Waals surface area contributed by atoms with Crippen LogP contribution in [-0.2, 0) is 5.60 Å². The molecule has 0 amide bonds. The van der Waals surface area contributed by atoms with Crippen LogP contribution in [0.2, 0.25) is 0 Å². The fraction of sp³-hybridized carbons (Fsp3) is 0.529. The Morgan fingerprint density at radius 2 is 2.00 bits per heavy atom. The molecule has 1 aromatic rings. The number of nitrogens with one attached hydrogen (secondary N) is 1. The third-order valence-corrected chi connectivity index (χ3v) is 4.85. The Morgan fingerprint density at radius 3 is 2.60 bits per heavy atom. The second-order valence-electron chi connectivity index (χ2n) is 5.55. The lowest BCUT2D eigenvalue weighted by Gasteiger charge is -2.42. The maximum atomic E-state index is 11.4. The highest BCUT2D eigenvalue weighted by atomic mass is 35.5. The van der Waals surface area contributed by atoms with E-state index in [2.05, 4.69) is 11.9 Å². The van der Waals surface area contributed by atoms with Gasteiger partial charge in [0.15, 0.2) is 0 Å². The minimum absolute atomic E-state index is 0.207. The molecule has 1 heterocycles. The number of piperidine rings is 1. The van der Waals surface area contributed by atoms with E-state index in [0.717, 1.165) is 44.3 Å². The summed E-state index contributed by atoms with van der Waals surface area (Å²) in [5.74, 6) is 0.207. The smallest absolute Gasteiger partial charge is 0.109 e. The van der Waals surface area contributed by atoms with E-state index < -0.39 is 5.60 Å². The first-order valence-corrected chi connectivity index (χ1v) is 7.86. The number of allylic oxidation sites excluding steroid dienone is 1. The number of alkyl halides is 1. The van der Waals surface area contributed by atoms with Crippen molar-refractivity contribution < 1.29 is 5.11 Å². The van der Waals surface area contributed by atoms with Gasteiger partial charge in [0.25, 0.3) is 0 Å². The van der Waals surface area contributed by atoms with Gasteiger partial charge in [0.2, 0.25) is 0 Å². The van der Waals surface area contributed by atoms with Crippen LogP contribution in [0.3, 0.4) is 0 Å². The second kappa shape index (κ2) is 7.26. The number of hydrogen-bond donors (Lipinski definition) is 2. The van der Waals surface area contributed by atoms with Crippen LogP contribution >= 0.6 is 11.6 Å². The molecule has 1 aromatic carbocycles. The topological polar surface area (TPSA) is 32.3 Å². The normalized spacial score (nSPS) is 21.1. The Hall–Kier alpha value is -0.830. The Labute approximate surface area is 126 Å². The first-order valence-electron chi connectivity index (χ1n) is 7.43. The van der Waals surface area contributed by atoms with Gasteiger partial charge in [0.1, 0.15) is 5.60 Å². The summed E-state index contributed by atoms with van der Waals surface area (Å²) in [7, 11) is 0. The predicted octanol–water partition coefficient (Wildman–Crippen LogP) is 3.45. The number of rotatable bonds is 6. The minimum atomic E-state index is -0.950. The monoisotopic (exact) mass is 293 g/mol. The van der Waals surface area contributed by atoms with Crippen LogP contribution in [0.1, 0.15) is 31.2 Å². The zero-order valence-electron chi connectivity index (χ0n) is 11.9. The van der Waals surface area contributed by atoms with Crippen LogP contribution in [0.25, 0.3) is 0 Å². The van der Waals surface area contributed by atoms with Crippen LogP contribution in [-0.4, -0.2) is 23.6 Å². The third kappa shape index (κ3) is 3.25. The average molecular weight is 294 g/mol. The van der Waals surface area contributed by atoms with E-state index in [4.69, 9.17) is 11.6 Å². The zero-order chi connectivity index (χ0) is 14.4. The summed E-state index contributed by atoms with van der Waals surface area (Å²) in [6.07, 6.45) is 5.36. The average Bonchev–Trinajstić information content (AvgIpc) is 2.53. The van der Waals surface area contributed by atoms with E-state index >= 15 is 0 Å². The van der Waals surface area contributed by atoms with Crippen molar-refractivity contribution in [3.8, 4) is 0 Å². The van der Waals surface area contributed by atoms with Crippen molar-refractivity contribution in [2.75, 3.05) is 13.1 Å². The highest BCUT2D eigenvalue weighted by Gasteiger charge is 2.44. The summed E-state index contributed by atoms with van der Waals surface area (Å²) in [5.41, 5.74) is -0.00976. The van der Waals surface area contributed by atoms with Gasteiger partial charge >= 0.3 is 0 Å². The molecule has 2 atom stereocenters. The number of hydrogen-bond acceptors (Lipinski definition) is 2. The molecule has 1 saturated heterocycles. The molecule has 3 heteroatoms. The van der Waals surface area contributed by atoms with Crippen LogP contribution in [0.5, 0.6) is 0 Å². The van der Waals surface area contributed by atoms with Crippen LogP contribution in [0.15, 0.2) is 43.0 Å². The van der Waals surface area contributed by atoms with Crippen molar-refractivity contribution >= 4 is 11.6 Å². The second-order valence-corrected chi connectivity index (χ2v) is 6.08. The Bertz CT molecular complexity index is 416. The largest absolute Gasteiger partial charge is 0.383 e. The molecule has 0 spiro atoms. The van der Waals surface area contributed by atoms with Crippen LogP contribution in [0, 0.1) is 5.92 Å². The van der Waals surface area contributed by atoms with Gasteiger partial charge in [-0.25, -0.2) is 0 Å². The Balaban J connectivity index is 2.28. The molecule has 2 nitrogen and oxygen atoms in total. The molecule has 2 rings (SSSR count). The summed E-state index contributed by atoms with van der Waals surface area (Å²) in [5, 5.41) is 14.5. The van der Waals surface area contributed by atoms with Crippen LogP contribution in [0.4, 0.5) is 0 Å². The lowest BCUT2D eigenvalue weighted by atomic mass is 9.73. The van der Waals surface area contributed by atoms with Crippen molar-refractivity contribution in [2.45, 2.75) is 36.7 Å². The summed E-state index contributed by atoms with van der Waals surface area (Å²) in [4.78, 5) is 0.